The molecule has 2 rings (SSSR count). The van der Waals surface area contributed by atoms with E-state index in [9.17, 15) is 4.79 Å². The molecule has 1 saturated heterocycles. The molecular formula is C9H13ClN2O2S. The van der Waals surface area contributed by atoms with Crippen molar-refractivity contribution in [3.8, 4) is 0 Å². The van der Waals surface area contributed by atoms with Gasteiger partial charge in [0.1, 0.15) is 6.61 Å². The van der Waals surface area contributed by atoms with Gasteiger partial charge >= 0.3 is 0 Å². The molecule has 0 radical (unpaired) electrons. The van der Waals surface area contributed by atoms with Crippen LogP contribution in [0.4, 0.5) is 0 Å². The summed E-state index contributed by atoms with van der Waals surface area (Å²) in [5, 5.41) is 5.52. The minimum absolute atomic E-state index is 0. The fourth-order valence-electron chi connectivity index (χ4n) is 1.39. The summed E-state index contributed by atoms with van der Waals surface area (Å²) in [6.45, 7) is 1.99. The number of ketones is 1. The smallest absolute Gasteiger partial charge is 0.216 e. The molecule has 4 nitrogen and oxygen atoms in total. The number of hydrogen-bond acceptors (Lipinski definition) is 5. The number of halogens is 1. The predicted molar refractivity (Wildman–Crippen MR) is 60.9 cm³/mol. The third-order valence-corrected chi connectivity index (χ3v) is 2.95. The first-order valence-corrected chi connectivity index (χ1v) is 5.49. The van der Waals surface area contributed by atoms with Crippen molar-refractivity contribution in [1.29, 1.82) is 0 Å². The maximum Gasteiger partial charge on any atom is 0.216 e. The van der Waals surface area contributed by atoms with Crippen LogP contribution in [0.3, 0.4) is 0 Å². The maximum absolute atomic E-state index is 11.5. The lowest BCUT2D eigenvalue weighted by molar-refractivity contribution is 0.0529. The highest BCUT2D eigenvalue weighted by molar-refractivity contribution is 7.11. The number of hydrogen-bond donors (Lipinski definition) is 1. The molecule has 84 valence electrons. The molecule has 6 heteroatoms. The van der Waals surface area contributed by atoms with Gasteiger partial charge in [0.05, 0.1) is 6.10 Å². The van der Waals surface area contributed by atoms with Gasteiger partial charge in [-0.3, -0.25) is 4.79 Å². The first-order chi connectivity index (χ1) is 6.86. The minimum Gasteiger partial charge on any atom is -0.369 e. The van der Waals surface area contributed by atoms with Gasteiger partial charge in [-0.2, -0.15) is 0 Å². The number of aromatic nitrogens is 1. The van der Waals surface area contributed by atoms with Crippen LogP contribution in [0.2, 0.25) is 0 Å². The SMILES string of the molecule is Cl.O=C(COC1CCNC1)c1nccs1. The predicted octanol–water partition coefficient (Wildman–Crippen LogP) is 1.13. The van der Waals surface area contributed by atoms with Crippen molar-refractivity contribution < 1.29 is 9.53 Å². The first-order valence-electron chi connectivity index (χ1n) is 4.61. The molecule has 0 saturated carbocycles. The molecule has 0 aromatic carbocycles. The Morgan fingerprint density at radius 3 is 3.20 bits per heavy atom. The Hall–Kier alpha value is -0.490. The Balaban J connectivity index is 0.00000112. The second-order valence-corrected chi connectivity index (χ2v) is 4.08. The van der Waals surface area contributed by atoms with Gasteiger partial charge in [0.25, 0.3) is 0 Å². The van der Waals surface area contributed by atoms with Crippen LogP contribution in [-0.2, 0) is 4.74 Å². The molecule has 0 amide bonds. The molecule has 1 aromatic heterocycles. The van der Waals surface area contributed by atoms with Gasteiger partial charge in [-0.1, -0.05) is 0 Å². The van der Waals surface area contributed by atoms with Gasteiger partial charge in [0, 0.05) is 18.1 Å². The number of carbonyl (C=O) groups excluding carboxylic acids is 1. The van der Waals surface area contributed by atoms with E-state index >= 15 is 0 Å². The number of nitrogens with one attached hydrogen (secondary N) is 1. The highest BCUT2D eigenvalue weighted by atomic mass is 35.5. The van der Waals surface area contributed by atoms with Gasteiger partial charge in [0.15, 0.2) is 5.01 Å². The summed E-state index contributed by atoms with van der Waals surface area (Å²) in [7, 11) is 0. The van der Waals surface area contributed by atoms with E-state index in [0.29, 0.717) is 5.01 Å². The fourth-order valence-corrected chi connectivity index (χ4v) is 1.95. The molecule has 1 aliphatic heterocycles. The van der Waals surface area contributed by atoms with Crippen LogP contribution >= 0.6 is 23.7 Å². The molecule has 1 aromatic rings. The lowest BCUT2D eigenvalue weighted by Gasteiger charge is -2.07. The number of nitrogens with zero attached hydrogens (tertiary/aromatic N) is 1. The number of rotatable bonds is 4. The monoisotopic (exact) mass is 248 g/mol. The van der Waals surface area contributed by atoms with Crippen molar-refractivity contribution >= 4 is 29.5 Å². The number of carbonyl (C=O) groups is 1. The summed E-state index contributed by atoms with van der Waals surface area (Å²) in [4.78, 5) is 15.4. The number of Topliss-reactive ketones (excluding diaryl/α,β-unsaturated/α-hetero) is 1. The average Bonchev–Trinajstić information content (AvgIpc) is 2.87. The summed E-state index contributed by atoms with van der Waals surface area (Å²) in [5.74, 6) is -0.0214. The molecule has 1 N–H and O–H groups in total. The first kappa shape index (κ1) is 12.6. The second-order valence-electron chi connectivity index (χ2n) is 3.19. The van der Waals surface area contributed by atoms with Crippen LogP contribution in [-0.4, -0.2) is 36.6 Å². The molecule has 1 atom stereocenters. The quantitative estimate of drug-likeness (QED) is 0.812. The van der Waals surface area contributed by atoms with Crippen molar-refractivity contribution in [2.24, 2.45) is 0 Å². The lowest BCUT2D eigenvalue weighted by Crippen LogP contribution is -2.20. The van der Waals surface area contributed by atoms with Gasteiger partial charge in [-0.05, 0) is 13.0 Å². The van der Waals surface area contributed by atoms with E-state index < -0.39 is 0 Å². The van der Waals surface area contributed by atoms with Crippen LogP contribution < -0.4 is 5.32 Å². The largest absolute Gasteiger partial charge is 0.369 e. The van der Waals surface area contributed by atoms with Crippen LogP contribution in [0.15, 0.2) is 11.6 Å². The summed E-state index contributed by atoms with van der Waals surface area (Å²) in [5.41, 5.74) is 0. The van der Waals surface area contributed by atoms with Crippen molar-refractivity contribution in [2.75, 3.05) is 19.7 Å². The Bertz CT molecular complexity index is 299. The highest BCUT2D eigenvalue weighted by Crippen LogP contribution is 2.07. The molecule has 2 heterocycles. The Labute approximate surface area is 98.5 Å². The molecule has 0 bridgehead atoms. The lowest BCUT2D eigenvalue weighted by atomic mass is 10.3. The van der Waals surface area contributed by atoms with Gasteiger partial charge < -0.3 is 10.1 Å². The van der Waals surface area contributed by atoms with Crippen molar-refractivity contribution in [2.45, 2.75) is 12.5 Å². The van der Waals surface area contributed by atoms with E-state index in [4.69, 9.17) is 4.74 Å². The van der Waals surface area contributed by atoms with E-state index in [-0.39, 0.29) is 30.9 Å². The summed E-state index contributed by atoms with van der Waals surface area (Å²) < 4.78 is 5.44. The fraction of sp³-hybridized carbons (Fsp3) is 0.556. The number of ether oxygens (including phenoxy) is 1. The molecule has 1 aliphatic rings. The van der Waals surface area contributed by atoms with E-state index in [0.717, 1.165) is 19.5 Å². The zero-order valence-electron chi connectivity index (χ0n) is 8.14. The molecule has 15 heavy (non-hydrogen) atoms. The summed E-state index contributed by atoms with van der Waals surface area (Å²) in [6, 6.07) is 0. The Morgan fingerprint density at radius 2 is 2.60 bits per heavy atom. The van der Waals surface area contributed by atoms with E-state index in [1.165, 1.54) is 11.3 Å². The number of thiazole rings is 1. The molecular weight excluding hydrogens is 236 g/mol. The highest BCUT2D eigenvalue weighted by Gasteiger charge is 2.17. The molecule has 0 aliphatic carbocycles. The molecule has 1 unspecified atom stereocenters. The normalized spacial score (nSPS) is 19.9. The Morgan fingerprint density at radius 1 is 1.73 bits per heavy atom. The molecule has 0 spiro atoms. The van der Waals surface area contributed by atoms with Gasteiger partial charge in [0.2, 0.25) is 5.78 Å². The van der Waals surface area contributed by atoms with Crippen LogP contribution in [0.1, 0.15) is 16.2 Å². The third kappa shape index (κ3) is 3.53. The topological polar surface area (TPSA) is 51.2 Å². The van der Waals surface area contributed by atoms with Crippen molar-refractivity contribution in [3.63, 3.8) is 0 Å². The zero-order chi connectivity index (χ0) is 9.80. The Kier molecular flexibility index (Phi) is 5.17. The van der Waals surface area contributed by atoms with Crippen LogP contribution in [0, 0.1) is 0 Å². The standard InChI is InChI=1S/C9H12N2O2S.ClH/c12-8(9-11-3-4-14-9)6-13-7-1-2-10-5-7;/h3-4,7,10H,1-2,5-6H2;1H. The zero-order valence-corrected chi connectivity index (χ0v) is 9.77. The third-order valence-electron chi connectivity index (χ3n) is 2.14. The van der Waals surface area contributed by atoms with Crippen molar-refractivity contribution in [3.05, 3.63) is 16.6 Å². The van der Waals surface area contributed by atoms with E-state index in [2.05, 4.69) is 10.3 Å². The van der Waals surface area contributed by atoms with E-state index in [1.54, 1.807) is 11.6 Å². The minimum atomic E-state index is -0.0214. The van der Waals surface area contributed by atoms with Crippen LogP contribution in [0.25, 0.3) is 0 Å². The average molecular weight is 249 g/mol. The summed E-state index contributed by atoms with van der Waals surface area (Å²) >= 11 is 1.36. The second kappa shape index (κ2) is 6.17. The molecule has 1 fully saturated rings. The van der Waals surface area contributed by atoms with Crippen molar-refractivity contribution in [1.82, 2.24) is 10.3 Å². The van der Waals surface area contributed by atoms with Gasteiger partial charge in [-0.25, -0.2) is 4.98 Å². The summed E-state index contributed by atoms with van der Waals surface area (Å²) in [6.07, 6.45) is 2.82. The van der Waals surface area contributed by atoms with Crippen LogP contribution in [0.5, 0.6) is 0 Å². The van der Waals surface area contributed by atoms with Gasteiger partial charge in [-0.15, -0.1) is 23.7 Å². The van der Waals surface area contributed by atoms with E-state index in [1.807, 2.05) is 0 Å². The maximum atomic E-state index is 11.5.